The van der Waals surface area contributed by atoms with Gasteiger partial charge in [0.25, 0.3) is 5.91 Å². The Morgan fingerprint density at radius 2 is 2.08 bits per heavy atom. The lowest BCUT2D eigenvalue weighted by Gasteiger charge is -2.34. The topological polar surface area (TPSA) is 87.9 Å². The van der Waals surface area contributed by atoms with Gasteiger partial charge in [-0.1, -0.05) is 0 Å². The van der Waals surface area contributed by atoms with Crippen LogP contribution in [0.2, 0.25) is 0 Å². The summed E-state index contributed by atoms with van der Waals surface area (Å²) >= 11 is 0. The van der Waals surface area contributed by atoms with Crippen molar-refractivity contribution in [2.24, 2.45) is 0 Å². The fourth-order valence-corrected chi connectivity index (χ4v) is 2.88. The van der Waals surface area contributed by atoms with Crippen LogP contribution in [0.5, 0.6) is 0 Å². The Balaban J connectivity index is 2.08. The molecule has 0 aromatic carbocycles. The molecule has 0 unspecified atom stereocenters. The Morgan fingerprint density at radius 3 is 2.68 bits per heavy atom. The monoisotopic (exact) mass is 352 g/mol. The van der Waals surface area contributed by atoms with E-state index >= 15 is 0 Å². The largest absolute Gasteiger partial charge is 0.386 e. The minimum atomic E-state index is -0.947. The molecule has 8 heteroatoms. The van der Waals surface area contributed by atoms with Gasteiger partial charge in [-0.05, 0) is 26.8 Å². The number of carbonyl (C=O) groups is 2. The van der Waals surface area contributed by atoms with Gasteiger partial charge in [-0.15, -0.1) is 0 Å². The molecule has 2 rings (SSSR count). The maximum absolute atomic E-state index is 12.7. The van der Waals surface area contributed by atoms with Gasteiger partial charge < -0.3 is 19.6 Å². The highest BCUT2D eigenvalue weighted by molar-refractivity contribution is 5.84. The Morgan fingerprint density at radius 1 is 1.40 bits per heavy atom. The molecule has 0 spiro atoms. The van der Waals surface area contributed by atoms with Gasteiger partial charge in [-0.25, -0.2) is 0 Å². The fourth-order valence-electron chi connectivity index (χ4n) is 2.88. The third-order valence-electron chi connectivity index (χ3n) is 4.33. The summed E-state index contributed by atoms with van der Waals surface area (Å²) in [5, 5.41) is 14.6. The first-order valence-corrected chi connectivity index (χ1v) is 8.54. The molecule has 0 fully saturated rings. The standard InChI is InChI=1S/C17H28N4O4/c1-6-25-17(2,3)16(24)20-7-8-21-12(11-20)9-13(18-21)14(22)10-15(23)19(4)5/h9,14,22H,6-8,10-11H2,1-5H3/t14-/m1/s1. The highest BCUT2D eigenvalue weighted by atomic mass is 16.5. The zero-order chi connectivity index (χ0) is 18.8. The van der Waals surface area contributed by atoms with Gasteiger partial charge in [0.1, 0.15) is 11.7 Å². The van der Waals surface area contributed by atoms with Gasteiger partial charge in [-0.2, -0.15) is 5.10 Å². The average molecular weight is 352 g/mol. The number of nitrogens with zero attached hydrogens (tertiary/aromatic N) is 4. The van der Waals surface area contributed by atoms with Crippen molar-refractivity contribution >= 4 is 11.8 Å². The highest BCUT2D eigenvalue weighted by Crippen LogP contribution is 2.23. The summed E-state index contributed by atoms with van der Waals surface area (Å²) in [6, 6.07) is 1.76. The van der Waals surface area contributed by atoms with Gasteiger partial charge in [0, 0.05) is 27.2 Å². The van der Waals surface area contributed by atoms with E-state index in [0.717, 1.165) is 5.69 Å². The van der Waals surface area contributed by atoms with Crippen molar-refractivity contribution in [1.82, 2.24) is 19.6 Å². The lowest BCUT2D eigenvalue weighted by molar-refractivity contribution is -0.155. The van der Waals surface area contributed by atoms with Crippen LogP contribution >= 0.6 is 0 Å². The zero-order valence-electron chi connectivity index (χ0n) is 15.7. The number of hydrogen-bond acceptors (Lipinski definition) is 5. The quantitative estimate of drug-likeness (QED) is 0.808. The smallest absolute Gasteiger partial charge is 0.254 e. The SMILES string of the molecule is CCOC(C)(C)C(=O)N1CCn2nc([C@H](O)CC(=O)N(C)C)cc2C1. The van der Waals surface area contributed by atoms with Gasteiger partial charge in [0.2, 0.25) is 5.91 Å². The van der Waals surface area contributed by atoms with Crippen molar-refractivity contribution in [3.8, 4) is 0 Å². The van der Waals surface area contributed by atoms with Crippen molar-refractivity contribution in [1.29, 1.82) is 0 Å². The predicted molar refractivity (Wildman–Crippen MR) is 91.6 cm³/mol. The third kappa shape index (κ3) is 4.38. The molecule has 140 valence electrons. The van der Waals surface area contributed by atoms with Crippen molar-refractivity contribution < 1.29 is 19.4 Å². The number of amides is 2. The van der Waals surface area contributed by atoms with Crippen LogP contribution in [0.4, 0.5) is 0 Å². The minimum absolute atomic E-state index is 0.0104. The number of rotatable bonds is 6. The van der Waals surface area contributed by atoms with Crippen molar-refractivity contribution in [3.05, 3.63) is 17.5 Å². The van der Waals surface area contributed by atoms with E-state index in [2.05, 4.69) is 5.10 Å². The molecule has 25 heavy (non-hydrogen) atoms. The highest BCUT2D eigenvalue weighted by Gasteiger charge is 2.35. The Hall–Kier alpha value is -1.93. The molecule has 0 bridgehead atoms. The van der Waals surface area contributed by atoms with Gasteiger partial charge in [-0.3, -0.25) is 14.3 Å². The molecule has 1 atom stereocenters. The van der Waals surface area contributed by atoms with E-state index in [9.17, 15) is 14.7 Å². The van der Waals surface area contributed by atoms with E-state index in [1.165, 1.54) is 4.90 Å². The molecule has 8 nitrogen and oxygen atoms in total. The first-order valence-electron chi connectivity index (χ1n) is 8.54. The predicted octanol–water partition coefficient (Wildman–Crippen LogP) is 0.552. The van der Waals surface area contributed by atoms with E-state index in [1.807, 2.05) is 6.92 Å². The summed E-state index contributed by atoms with van der Waals surface area (Å²) in [4.78, 5) is 27.6. The van der Waals surface area contributed by atoms with Crippen LogP contribution in [-0.4, -0.2) is 69.3 Å². The normalized spacial score (nSPS) is 15.7. The van der Waals surface area contributed by atoms with Crippen molar-refractivity contribution in [2.45, 2.75) is 52.0 Å². The minimum Gasteiger partial charge on any atom is -0.386 e. The van der Waals surface area contributed by atoms with Crippen molar-refractivity contribution in [3.63, 3.8) is 0 Å². The molecule has 1 aromatic rings. The van der Waals surface area contributed by atoms with Crippen LogP contribution in [0, 0.1) is 0 Å². The second-order valence-corrected chi connectivity index (χ2v) is 6.96. The number of fused-ring (bicyclic) bond motifs is 1. The van der Waals surface area contributed by atoms with Gasteiger partial charge >= 0.3 is 0 Å². The number of ether oxygens (including phenoxy) is 1. The van der Waals surface area contributed by atoms with Crippen LogP contribution in [0.25, 0.3) is 0 Å². The molecular formula is C17H28N4O4. The Bertz CT molecular complexity index is 639. The van der Waals surface area contributed by atoms with E-state index < -0.39 is 11.7 Å². The molecule has 0 radical (unpaired) electrons. The summed E-state index contributed by atoms with van der Waals surface area (Å²) < 4.78 is 7.33. The first kappa shape index (κ1) is 19.4. The second-order valence-electron chi connectivity index (χ2n) is 6.96. The summed E-state index contributed by atoms with van der Waals surface area (Å²) in [5.74, 6) is -0.222. The lowest BCUT2D eigenvalue weighted by Crippen LogP contribution is -2.49. The number of aliphatic hydroxyl groups is 1. The summed E-state index contributed by atoms with van der Waals surface area (Å²) in [6.07, 6.45) is -0.958. The van der Waals surface area contributed by atoms with Gasteiger partial charge in [0.15, 0.2) is 0 Å². The second kappa shape index (κ2) is 7.53. The Kier molecular flexibility index (Phi) is 5.84. The zero-order valence-corrected chi connectivity index (χ0v) is 15.7. The lowest BCUT2D eigenvalue weighted by atomic mass is 10.1. The molecule has 2 amide bonds. The number of hydrogen-bond donors (Lipinski definition) is 1. The molecular weight excluding hydrogens is 324 g/mol. The fraction of sp³-hybridized carbons (Fsp3) is 0.706. The van der Waals surface area contributed by atoms with E-state index in [4.69, 9.17) is 4.74 Å². The third-order valence-corrected chi connectivity index (χ3v) is 4.33. The summed E-state index contributed by atoms with van der Waals surface area (Å²) in [5.41, 5.74) is 0.444. The molecule has 1 aliphatic rings. The average Bonchev–Trinajstić information content (AvgIpc) is 2.97. The summed E-state index contributed by atoms with van der Waals surface area (Å²) in [6.45, 7) is 7.38. The molecule has 0 saturated heterocycles. The van der Waals surface area contributed by atoms with E-state index in [-0.39, 0.29) is 18.2 Å². The van der Waals surface area contributed by atoms with Gasteiger partial charge in [0.05, 0.1) is 30.9 Å². The molecule has 0 saturated carbocycles. The van der Waals surface area contributed by atoms with Crippen LogP contribution in [0.1, 0.15) is 44.7 Å². The molecule has 1 N–H and O–H groups in total. The van der Waals surface area contributed by atoms with Crippen molar-refractivity contribution in [2.75, 3.05) is 27.2 Å². The summed E-state index contributed by atoms with van der Waals surface area (Å²) in [7, 11) is 3.30. The van der Waals surface area contributed by atoms with Crippen LogP contribution in [0.15, 0.2) is 6.07 Å². The molecule has 2 heterocycles. The number of carbonyl (C=O) groups excluding carboxylic acids is 2. The molecule has 1 aliphatic heterocycles. The number of aliphatic hydroxyl groups excluding tert-OH is 1. The van der Waals surface area contributed by atoms with E-state index in [1.54, 1.807) is 43.6 Å². The van der Waals surface area contributed by atoms with E-state index in [0.29, 0.717) is 31.9 Å². The van der Waals surface area contributed by atoms with Crippen LogP contribution in [-0.2, 0) is 27.4 Å². The maximum Gasteiger partial charge on any atom is 0.254 e. The molecule has 0 aliphatic carbocycles. The first-order chi connectivity index (χ1) is 11.7. The van der Waals surface area contributed by atoms with Crippen LogP contribution in [0.3, 0.4) is 0 Å². The molecule has 1 aromatic heterocycles. The Labute approximate surface area is 148 Å². The number of aromatic nitrogens is 2. The van der Waals surface area contributed by atoms with Crippen LogP contribution < -0.4 is 0 Å². The maximum atomic E-state index is 12.7.